The first-order valence-electron chi connectivity index (χ1n) is 9.97. The summed E-state index contributed by atoms with van der Waals surface area (Å²) < 4.78 is 0. The molecule has 1 heterocycles. The number of rotatable bonds is 13. The van der Waals surface area contributed by atoms with E-state index in [0.29, 0.717) is 0 Å². The lowest BCUT2D eigenvalue weighted by atomic mass is 10.2. The van der Waals surface area contributed by atoms with Gasteiger partial charge in [0.05, 0.1) is 5.52 Å². The molecule has 1 aromatic heterocycles. The molecule has 0 aliphatic rings. The normalized spacial score (nSPS) is 11.4. The number of allylic oxidation sites excluding steroid dienone is 4. The van der Waals surface area contributed by atoms with E-state index in [1.54, 1.807) is 0 Å². The zero-order valence-electron chi connectivity index (χ0n) is 16.4. The monoisotopic (exact) mass is 360 g/mol. The minimum Gasteiger partial charge on any atom is -0.349 e. The molecular weight excluding hydrogens is 328 g/mol. The van der Waals surface area contributed by atoms with Crippen molar-refractivity contribution < 1.29 is 0 Å². The molecule has 0 aliphatic heterocycles. The van der Waals surface area contributed by atoms with Crippen LogP contribution in [-0.4, -0.2) is 18.1 Å². The number of para-hydroxylation sites is 1. The molecule has 0 spiro atoms. The predicted octanol–water partition coefficient (Wildman–Crippen LogP) is 6.87. The quantitative estimate of drug-likeness (QED) is 0.286. The van der Waals surface area contributed by atoms with E-state index in [0.717, 1.165) is 62.9 Å². The van der Waals surface area contributed by atoms with E-state index in [1.165, 1.54) is 5.39 Å². The van der Waals surface area contributed by atoms with E-state index in [9.17, 15) is 0 Å². The number of aromatic nitrogens is 1. The molecule has 0 unspecified atom stereocenters. The maximum absolute atomic E-state index is 4.86. The molecule has 0 bridgehead atoms. The van der Waals surface area contributed by atoms with Crippen molar-refractivity contribution in [1.82, 2.24) is 4.98 Å². The molecule has 0 saturated carbocycles. The van der Waals surface area contributed by atoms with Crippen LogP contribution in [0.5, 0.6) is 0 Å². The molecule has 27 heavy (non-hydrogen) atoms. The molecule has 0 saturated heterocycles. The molecule has 2 nitrogen and oxygen atoms in total. The maximum Gasteiger partial charge on any atom is 0.129 e. The van der Waals surface area contributed by atoms with Crippen molar-refractivity contribution in [2.45, 2.75) is 38.5 Å². The second-order valence-electron chi connectivity index (χ2n) is 6.65. The van der Waals surface area contributed by atoms with Crippen LogP contribution in [0, 0.1) is 0 Å². The van der Waals surface area contributed by atoms with Gasteiger partial charge < -0.3 is 4.90 Å². The van der Waals surface area contributed by atoms with Gasteiger partial charge in [-0.2, -0.15) is 0 Å². The van der Waals surface area contributed by atoms with Crippen molar-refractivity contribution >= 4 is 16.7 Å². The van der Waals surface area contributed by atoms with E-state index >= 15 is 0 Å². The number of nitrogens with zero attached hydrogens (tertiary/aromatic N) is 2. The third-order valence-corrected chi connectivity index (χ3v) is 4.45. The Hall–Kier alpha value is -2.61. The van der Waals surface area contributed by atoms with E-state index in [1.807, 2.05) is 18.2 Å². The average Bonchev–Trinajstić information content (AvgIpc) is 2.71. The number of benzene rings is 1. The Labute approximate surface area is 164 Å². The standard InChI is InChI=1S/C25H32N2/c1-3-5-7-9-11-15-21-27(22-16-12-10-8-6-4-2)25-20-19-23-17-13-14-18-24(23)26-25/h3-4,11-20H,1-2,5-10,21-22H2/b15-11+,16-12+. The first kappa shape index (κ1) is 20.7. The highest BCUT2D eigenvalue weighted by Crippen LogP contribution is 2.18. The van der Waals surface area contributed by atoms with Crippen molar-refractivity contribution in [3.63, 3.8) is 0 Å². The second-order valence-corrected chi connectivity index (χ2v) is 6.65. The molecule has 0 radical (unpaired) electrons. The Bertz CT molecular complexity index is 732. The fraction of sp³-hybridized carbons (Fsp3) is 0.320. The van der Waals surface area contributed by atoms with Crippen LogP contribution in [0.15, 0.2) is 86.0 Å². The van der Waals surface area contributed by atoms with Crippen molar-refractivity contribution in [3.05, 3.63) is 86.0 Å². The molecule has 2 heteroatoms. The van der Waals surface area contributed by atoms with Gasteiger partial charge in [-0.05, 0) is 56.7 Å². The zero-order valence-corrected chi connectivity index (χ0v) is 16.4. The number of hydrogen-bond acceptors (Lipinski definition) is 2. The van der Waals surface area contributed by atoms with Gasteiger partial charge in [-0.3, -0.25) is 0 Å². The topological polar surface area (TPSA) is 16.1 Å². The molecule has 142 valence electrons. The van der Waals surface area contributed by atoms with Crippen molar-refractivity contribution in [2.75, 3.05) is 18.0 Å². The molecular formula is C25H32N2. The maximum atomic E-state index is 4.86. The summed E-state index contributed by atoms with van der Waals surface area (Å²) in [5.74, 6) is 1.03. The summed E-state index contributed by atoms with van der Waals surface area (Å²) in [6.45, 7) is 9.30. The van der Waals surface area contributed by atoms with Crippen LogP contribution in [0.2, 0.25) is 0 Å². The van der Waals surface area contributed by atoms with Crippen LogP contribution in [0.4, 0.5) is 5.82 Å². The van der Waals surface area contributed by atoms with E-state index in [4.69, 9.17) is 4.98 Å². The van der Waals surface area contributed by atoms with Gasteiger partial charge in [0.15, 0.2) is 0 Å². The van der Waals surface area contributed by atoms with Crippen LogP contribution < -0.4 is 4.90 Å². The second kappa shape index (κ2) is 12.7. The summed E-state index contributed by atoms with van der Waals surface area (Å²) >= 11 is 0. The SMILES string of the molecule is C=CCCC/C=C/CN(C/C=C/CCCC=C)c1ccc2ccccc2n1. The molecule has 0 amide bonds. The molecule has 0 atom stereocenters. The summed E-state index contributed by atoms with van der Waals surface area (Å²) in [6, 6.07) is 12.6. The van der Waals surface area contributed by atoms with Gasteiger partial charge in [-0.15, -0.1) is 13.2 Å². The Morgan fingerprint density at radius 1 is 0.741 bits per heavy atom. The average molecular weight is 361 g/mol. The Morgan fingerprint density at radius 2 is 1.37 bits per heavy atom. The van der Waals surface area contributed by atoms with Gasteiger partial charge >= 0.3 is 0 Å². The number of hydrogen-bond donors (Lipinski definition) is 0. The summed E-state index contributed by atoms with van der Waals surface area (Å²) in [5.41, 5.74) is 1.05. The lowest BCUT2D eigenvalue weighted by Gasteiger charge is -2.21. The highest BCUT2D eigenvalue weighted by Gasteiger charge is 2.05. The molecule has 2 aromatic rings. The largest absolute Gasteiger partial charge is 0.349 e. The van der Waals surface area contributed by atoms with E-state index < -0.39 is 0 Å². The molecule has 0 aliphatic carbocycles. The van der Waals surface area contributed by atoms with Gasteiger partial charge in [0.1, 0.15) is 5.82 Å². The third kappa shape index (κ3) is 7.65. The molecule has 0 N–H and O–H groups in total. The van der Waals surface area contributed by atoms with Crippen LogP contribution in [-0.2, 0) is 0 Å². The Kier molecular flexibility index (Phi) is 9.73. The highest BCUT2D eigenvalue weighted by molar-refractivity contribution is 5.80. The van der Waals surface area contributed by atoms with E-state index in [-0.39, 0.29) is 0 Å². The van der Waals surface area contributed by atoms with Gasteiger partial charge in [0, 0.05) is 18.5 Å². The number of unbranched alkanes of at least 4 members (excludes halogenated alkanes) is 4. The van der Waals surface area contributed by atoms with Crippen LogP contribution in [0.1, 0.15) is 38.5 Å². The smallest absolute Gasteiger partial charge is 0.129 e. The fourth-order valence-electron chi connectivity index (χ4n) is 2.89. The summed E-state index contributed by atoms with van der Waals surface area (Å²) in [4.78, 5) is 7.18. The molecule has 2 rings (SSSR count). The van der Waals surface area contributed by atoms with Crippen molar-refractivity contribution in [2.24, 2.45) is 0 Å². The Morgan fingerprint density at radius 3 is 2.00 bits per heavy atom. The highest BCUT2D eigenvalue weighted by atomic mass is 15.2. The Balaban J connectivity index is 2.02. The number of anilines is 1. The van der Waals surface area contributed by atoms with Crippen LogP contribution in [0.25, 0.3) is 10.9 Å². The summed E-state index contributed by atoms with van der Waals surface area (Å²) in [6.07, 6.45) is 19.7. The molecule has 0 fully saturated rings. The first-order chi connectivity index (χ1) is 13.3. The zero-order chi connectivity index (χ0) is 19.2. The summed E-state index contributed by atoms with van der Waals surface area (Å²) in [7, 11) is 0. The van der Waals surface area contributed by atoms with Gasteiger partial charge in [0.2, 0.25) is 0 Å². The third-order valence-electron chi connectivity index (χ3n) is 4.45. The van der Waals surface area contributed by atoms with Gasteiger partial charge in [0.25, 0.3) is 0 Å². The first-order valence-corrected chi connectivity index (χ1v) is 9.97. The van der Waals surface area contributed by atoms with Crippen molar-refractivity contribution in [1.29, 1.82) is 0 Å². The summed E-state index contributed by atoms with van der Waals surface area (Å²) in [5, 5.41) is 1.18. The lowest BCUT2D eigenvalue weighted by Crippen LogP contribution is -2.24. The predicted molar refractivity (Wildman–Crippen MR) is 120 cm³/mol. The van der Waals surface area contributed by atoms with Gasteiger partial charge in [-0.1, -0.05) is 54.7 Å². The minimum absolute atomic E-state index is 0.871. The lowest BCUT2D eigenvalue weighted by molar-refractivity contribution is 0.855. The van der Waals surface area contributed by atoms with Crippen LogP contribution >= 0.6 is 0 Å². The van der Waals surface area contributed by atoms with Gasteiger partial charge in [-0.25, -0.2) is 4.98 Å². The van der Waals surface area contributed by atoms with Crippen LogP contribution in [0.3, 0.4) is 0 Å². The number of pyridine rings is 1. The van der Waals surface area contributed by atoms with Crippen molar-refractivity contribution in [3.8, 4) is 0 Å². The van der Waals surface area contributed by atoms with E-state index in [2.05, 4.69) is 72.7 Å². The molecule has 1 aromatic carbocycles. The fourth-order valence-corrected chi connectivity index (χ4v) is 2.89. The minimum atomic E-state index is 0.871. The number of fused-ring (bicyclic) bond motifs is 1.